The van der Waals surface area contributed by atoms with Gasteiger partial charge in [0.25, 0.3) is 5.85 Å². The first-order valence-electron chi connectivity index (χ1n) is 1.69. The van der Waals surface area contributed by atoms with E-state index in [9.17, 15) is 4.79 Å². The lowest BCUT2D eigenvalue weighted by Crippen LogP contribution is -2.57. The zero-order valence-electron chi connectivity index (χ0n) is 4.00. The van der Waals surface area contributed by atoms with E-state index in [2.05, 4.69) is 22.2 Å². The molecule has 0 aromatic carbocycles. The third-order valence-electron chi connectivity index (χ3n) is 0.434. The second kappa shape index (κ2) is 2.05. The summed E-state index contributed by atoms with van der Waals surface area (Å²) in [6.45, 7) is 0. The van der Waals surface area contributed by atoms with Crippen LogP contribution < -0.4 is 17.4 Å². The van der Waals surface area contributed by atoms with Gasteiger partial charge in [-0.2, -0.15) is 5.90 Å². The molecule has 0 spiro atoms. The van der Waals surface area contributed by atoms with Crippen molar-refractivity contribution in [1.29, 1.82) is 0 Å². The minimum absolute atomic E-state index is 1.28. The Balaban J connectivity index is 3.82. The van der Waals surface area contributed by atoms with Crippen LogP contribution in [0.15, 0.2) is 0 Å². The lowest BCUT2D eigenvalue weighted by molar-refractivity contribution is -0.165. The molecule has 7 N–H and O–H groups in total. The predicted molar refractivity (Wildman–Crippen MR) is 23.6 cm³/mol. The van der Waals surface area contributed by atoms with Crippen LogP contribution in [-0.2, 0) is 9.63 Å². The van der Waals surface area contributed by atoms with E-state index in [1.54, 1.807) is 0 Å². The van der Waals surface area contributed by atoms with Gasteiger partial charge < -0.3 is 9.94 Å². The molecule has 0 unspecified atom stereocenters. The maximum atomic E-state index is 9.99. The Morgan fingerprint density at radius 3 is 2.00 bits per heavy atom. The molecule has 0 rings (SSSR count). The highest BCUT2D eigenvalue weighted by Gasteiger charge is 2.26. The van der Waals surface area contributed by atoms with E-state index < -0.39 is 11.8 Å². The van der Waals surface area contributed by atoms with Gasteiger partial charge in [-0.05, 0) is 0 Å². The summed E-state index contributed by atoms with van der Waals surface area (Å²) in [4.78, 5) is 13.5. The molecule has 0 aliphatic carbocycles. The highest BCUT2D eigenvalue weighted by atomic mass is 16.7. The maximum Gasteiger partial charge on any atom is 0.388 e. The summed E-state index contributed by atoms with van der Waals surface area (Å²) in [7, 11) is 0. The molecule has 0 saturated carbocycles. The average Bonchev–Trinajstić information content (AvgIpc) is 1.62. The van der Waals surface area contributed by atoms with E-state index in [1.807, 2.05) is 0 Å². The molecule has 0 heterocycles. The number of nitrogens with two attached hydrogens (primary N) is 3. The third-order valence-corrected chi connectivity index (χ3v) is 0.434. The van der Waals surface area contributed by atoms with E-state index in [0.717, 1.165) is 0 Å². The van der Waals surface area contributed by atoms with Crippen molar-refractivity contribution in [2.75, 3.05) is 0 Å². The molecule has 0 aliphatic rings. The van der Waals surface area contributed by atoms with Gasteiger partial charge >= 0.3 is 5.97 Å². The summed E-state index contributed by atoms with van der Waals surface area (Å²) in [5, 5.41) is 8.29. The van der Waals surface area contributed by atoms with E-state index in [1.165, 1.54) is 0 Å². The summed E-state index contributed by atoms with van der Waals surface area (Å²) < 4.78 is 0. The van der Waals surface area contributed by atoms with Crippen molar-refractivity contribution in [2.45, 2.75) is 5.85 Å². The molecule has 0 fully saturated rings. The molecule has 6 nitrogen and oxygen atoms in total. The Kier molecular flexibility index (Phi) is 1.88. The topological polar surface area (TPSA) is 125 Å². The molecule has 0 aliphatic heterocycles. The number of hydrogen-bond donors (Lipinski definition) is 4. The molecule has 0 atom stereocenters. The minimum Gasteiger partial charge on any atom is -0.369 e. The molecule has 6 heteroatoms. The summed E-state index contributed by atoms with van der Waals surface area (Å²) >= 11 is 0. The Morgan fingerprint density at radius 2 is 2.00 bits per heavy atom. The fraction of sp³-hybridized carbons (Fsp3) is 0.500. The van der Waals surface area contributed by atoms with Crippen LogP contribution in [0.2, 0.25) is 0 Å². The summed E-state index contributed by atoms with van der Waals surface area (Å²) in [6, 6.07) is 0. The van der Waals surface area contributed by atoms with Crippen LogP contribution in [0.4, 0.5) is 0 Å². The van der Waals surface area contributed by atoms with Crippen LogP contribution in [-0.4, -0.2) is 16.9 Å². The van der Waals surface area contributed by atoms with Crippen LogP contribution in [0.5, 0.6) is 0 Å². The highest BCUT2D eigenvalue weighted by Crippen LogP contribution is 1.82. The molecular formula is C2H7N3O3. The second-order valence-electron chi connectivity index (χ2n) is 1.23. The minimum atomic E-state index is -2.48. The molecule has 0 aromatic heterocycles. The van der Waals surface area contributed by atoms with E-state index >= 15 is 0 Å². The number of aliphatic hydroxyl groups is 1. The SMILES string of the molecule is NOC(=O)C(N)(N)O. The van der Waals surface area contributed by atoms with Gasteiger partial charge in [0, 0.05) is 0 Å². The Bertz CT molecular complexity index is 95.2. The number of carbonyl (C=O) groups is 1. The van der Waals surface area contributed by atoms with Gasteiger partial charge in [-0.25, -0.2) is 4.79 Å². The van der Waals surface area contributed by atoms with Gasteiger partial charge in [0.15, 0.2) is 0 Å². The van der Waals surface area contributed by atoms with Crippen molar-refractivity contribution >= 4 is 5.97 Å². The summed E-state index contributed by atoms with van der Waals surface area (Å²) in [6.07, 6.45) is 0. The van der Waals surface area contributed by atoms with Crippen molar-refractivity contribution in [3.63, 3.8) is 0 Å². The van der Waals surface area contributed by atoms with Crippen molar-refractivity contribution < 1.29 is 14.7 Å². The standard InChI is InChI=1S/C2H7N3O3/c3-2(4,7)1(6)8-5/h7H,3-5H2. The van der Waals surface area contributed by atoms with Crippen LogP contribution in [0, 0.1) is 0 Å². The molecule has 0 saturated heterocycles. The number of hydrogen-bond acceptors (Lipinski definition) is 6. The quantitative estimate of drug-likeness (QED) is 0.216. The maximum absolute atomic E-state index is 9.99. The zero-order valence-corrected chi connectivity index (χ0v) is 4.00. The van der Waals surface area contributed by atoms with E-state index in [4.69, 9.17) is 5.11 Å². The number of rotatable bonds is 1. The molecule has 0 radical (unpaired) electrons. The third kappa shape index (κ3) is 1.85. The Hall–Kier alpha value is -0.690. The Labute approximate surface area is 45.1 Å². The van der Waals surface area contributed by atoms with Crippen molar-refractivity contribution in [3.8, 4) is 0 Å². The van der Waals surface area contributed by atoms with Crippen molar-refractivity contribution in [3.05, 3.63) is 0 Å². The molecular weight excluding hydrogens is 114 g/mol. The van der Waals surface area contributed by atoms with Crippen LogP contribution in [0.1, 0.15) is 0 Å². The van der Waals surface area contributed by atoms with E-state index in [-0.39, 0.29) is 0 Å². The summed E-state index contributed by atoms with van der Waals surface area (Å²) in [5.41, 5.74) is 9.14. The molecule has 0 aromatic rings. The van der Waals surface area contributed by atoms with Crippen LogP contribution in [0.3, 0.4) is 0 Å². The first-order chi connectivity index (χ1) is 3.48. The predicted octanol–water partition coefficient (Wildman–Crippen LogP) is -3.03. The van der Waals surface area contributed by atoms with Gasteiger partial charge in [0.05, 0.1) is 0 Å². The Morgan fingerprint density at radius 1 is 1.62 bits per heavy atom. The van der Waals surface area contributed by atoms with Gasteiger partial charge in [0.1, 0.15) is 0 Å². The largest absolute Gasteiger partial charge is 0.388 e. The lowest BCUT2D eigenvalue weighted by Gasteiger charge is -2.10. The van der Waals surface area contributed by atoms with Gasteiger partial charge in [-0.1, -0.05) is 0 Å². The first-order valence-corrected chi connectivity index (χ1v) is 1.69. The second-order valence-corrected chi connectivity index (χ2v) is 1.23. The van der Waals surface area contributed by atoms with Crippen LogP contribution in [0.25, 0.3) is 0 Å². The van der Waals surface area contributed by atoms with Crippen molar-refractivity contribution in [1.82, 2.24) is 0 Å². The molecule has 48 valence electrons. The summed E-state index contributed by atoms with van der Waals surface area (Å²) in [5.74, 6) is 0.531. The van der Waals surface area contributed by atoms with Crippen molar-refractivity contribution in [2.24, 2.45) is 17.4 Å². The fourth-order valence-electron chi connectivity index (χ4n) is 0.0944. The zero-order chi connectivity index (χ0) is 6.78. The molecule has 8 heavy (non-hydrogen) atoms. The molecule has 0 amide bonds. The van der Waals surface area contributed by atoms with Gasteiger partial charge in [0.2, 0.25) is 0 Å². The molecule has 0 bridgehead atoms. The van der Waals surface area contributed by atoms with Gasteiger partial charge in [-0.3, -0.25) is 11.5 Å². The average molecular weight is 121 g/mol. The smallest absolute Gasteiger partial charge is 0.369 e. The van der Waals surface area contributed by atoms with Crippen LogP contribution >= 0.6 is 0 Å². The number of carbonyl (C=O) groups excluding carboxylic acids is 1. The normalized spacial score (nSPS) is 11.0. The van der Waals surface area contributed by atoms with E-state index in [0.29, 0.717) is 0 Å². The first kappa shape index (κ1) is 7.31. The van der Waals surface area contributed by atoms with Gasteiger partial charge in [-0.15, -0.1) is 0 Å². The highest BCUT2D eigenvalue weighted by molar-refractivity contribution is 5.77. The lowest BCUT2D eigenvalue weighted by atomic mass is 10.5. The fourth-order valence-corrected chi connectivity index (χ4v) is 0.0944. The monoisotopic (exact) mass is 121 g/mol.